The molecule has 0 aliphatic rings. The second-order valence-electron chi connectivity index (χ2n) is 4.62. The molecule has 1 heterocycles. The van der Waals surface area contributed by atoms with Gasteiger partial charge in [0.2, 0.25) is 0 Å². The Labute approximate surface area is 118 Å². The molecule has 1 rings (SSSR count). The van der Waals surface area contributed by atoms with E-state index in [-0.39, 0.29) is 12.6 Å². The molecule has 110 valence electrons. The van der Waals surface area contributed by atoms with Crippen molar-refractivity contribution in [3.63, 3.8) is 0 Å². The highest BCUT2D eigenvalue weighted by molar-refractivity contribution is 5.75. The number of aliphatic carboxylic acids is 1. The molecule has 1 atom stereocenters. The van der Waals surface area contributed by atoms with Crippen LogP contribution in [0.2, 0.25) is 0 Å². The molecule has 0 aliphatic carbocycles. The van der Waals surface area contributed by atoms with E-state index in [1.54, 1.807) is 20.2 Å². The van der Waals surface area contributed by atoms with Crippen molar-refractivity contribution in [3.8, 4) is 0 Å². The van der Waals surface area contributed by atoms with Crippen molar-refractivity contribution in [1.82, 2.24) is 15.2 Å². The summed E-state index contributed by atoms with van der Waals surface area (Å²) in [7, 11) is 1.68. The number of carboxylic acid groups (broad SMARTS) is 1. The predicted octanol–water partition coefficient (Wildman–Crippen LogP) is 1.38. The van der Waals surface area contributed by atoms with Gasteiger partial charge in [-0.05, 0) is 18.6 Å². The average molecular weight is 279 g/mol. The van der Waals surface area contributed by atoms with Gasteiger partial charge >= 0.3 is 12.0 Å². The molecule has 0 fully saturated rings. The van der Waals surface area contributed by atoms with Gasteiger partial charge in [0, 0.05) is 38.4 Å². The standard InChI is InChI=1S/C14H21N3O3/c1-3-11(13(18)19)10-16-14(20)17(2)9-7-12-6-4-5-8-15-12/h4-6,8,11H,3,7,9-10H2,1-2H3,(H,16,20)(H,18,19). The Morgan fingerprint density at radius 1 is 1.45 bits per heavy atom. The molecule has 2 amide bonds. The van der Waals surface area contributed by atoms with Crippen LogP contribution in [0.4, 0.5) is 4.79 Å². The van der Waals surface area contributed by atoms with E-state index in [0.29, 0.717) is 19.4 Å². The van der Waals surface area contributed by atoms with Crippen LogP contribution in [0.1, 0.15) is 19.0 Å². The number of nitrogens with one attached hydrogen (secondary N) is 1. The van der Waals surface area contributed by atoms with E-state index in [9.17, 15) is 9.59 Å². The van der Waals surface area contributed by atoms with E-state index in [0.717, 1.165) is 5.69 Å². The van der Waals surface area contributed by atoms with Crippen LogP contribution in [0.5, 0.6) is 0 Å². The normalized spacial score (nSPS) is 11.7. The van der Waals surface area contributed by atoms with Gasteiger partial charge in [-0.3, -0.25) is 9.78 Å². The highest BCUT2D eigenvalue weighted by Gasteiger charge is 2.17. The van der Waals surface area contributed by atoms with Gasteiger partial charge in [-0.15, -0.1) is 0 Å². The molecular weight excluding hydrogens is 258 g/mol. The second-order valence-corrected chi connectivity index (χ2v) is 4.62. The molecule has 20 heavy (non-hydrogen) atoms. The van der Waals surface area contributed by atoms with E-state index in [1.165, 1.54) is 4.90 Å². The molecule has 0 spiro atoms. The molecule has 0 aliphatic heterocycles. The first-order chi connectivity index (χ1) is 9.54. The van der Waals surface area contributed by atoms with Crippen LogP contribution < -0.4 is 5.32 Å². The molecule has 2 N–H and O–H groups in total. The first-order valence-corrected chi connectivity index (χ1v) is 6.66. The maximum Gasteiger partial charge on any atom is 0.317 e. The van der Waals surface area contributed by atoms with Gasteiger partial charge < -0.3 is 15.3 Å². The van der Waals surface area contributed by atoms with Crippen molar-refractivity contribution in [2.45, 2.75) is 19.8 Å². The van der Waals surface area contributed by atoms with Gasteiger partial charge in [0.1, 0.15) is 0 Å². The van der Waals surface area contributed by atoms with E-state index >= 15 is 0 Å². The number of pyridine rings is 1. The summed E-state index contributed by atoms with van der Waals surface area (Å²) in [4.78, 5) is 28.4. The summed E-state index contributed by atoms with van der Waals surface area (Å²) in [5, 5.41) is 11.5. The zero-order valence-corrected chi connectivity index (χ0v) is 11.9. The Morgan fingerprint density at radius 3 is 2.75 bits per heavy atom. The molecule has 6 nitrogen and oxygen atoms in total. The quantitative estimate of drug-likeness (QED) is 0.790. The number of carbonyl (C=O) groups is 2. The number of nitrogens with zero attached hydrogens (tertiary/aromatic N) is 2. The van der Waals surface area contributed by atoms with E-state index in [4.69, 9.17) is 5.11 Å². The number of aromatic nitrogens is 1. The summed E-state index contributed by atoms with van der Waals surface area (Å²) in [5.41, 5.74) is 0.920. The monoisotopic (exact) mass is 279 g/mol. The average Bonchev–Trinajstić information content (AvgIpc) is 2.45. The van der Waals surface area contributed by atoms with Crippen LogP contribution in [0.3, 0.4) is 0 Å². The Hall–Kier alpha value is -2.11. The lowest BCUT2D eigenvalue weighted by Crippen LogP contribution is -2.41. The highest BCUT2D eigenvalue weighted by Crippen LogP contribution is 2.01. The largest absolute Gasteiger partial charge is 0.481 e. The van der Waals surface area contributed by atoms with Crippen LogP contribution >= 0.6 is 0 Å². The summed E-state index contributed by atoms with van der Waals surface area (Å²) in [6.45, 7) is 2.47. The Bertz CT molecular complexity index is 437. The molecule has 0 saturated carbocycles. The fourth-order valence-electron chi connectivity index (χ4n) is 1.68. The van der Waals surface area contributed by atoms with Crippen molar-refractivity contribution >= 4 is 12.0 Å². The Morgan fingerprint density at radius 2 is 2.20 bits per heavy atom. The first-order valence-electron chi connectivity index (χ1n) is 6.66. The van der Waals surface area contributed by atoms with Crippen molar-refractivity contribution in [2.24, 2.45) is 5.92 Å². The number of carbonyl (C=O) groups excluding carboxylic acids is 1. The Balaban J connectivity index is 2.34. The maximum absolute atomic E-state index is 11.8. The zero-order chi connectivity index (χ0) is 15.0. The summed E-state index contributed by atoms with van der Waals surface area (Å²) in [5.74, 6) is -1.42. The summed E-state index contributed by atoms with van der Waals surface area (Å²) in [6.07, 6.45) is 2.88. The van der Waals surface area contributed by atoms with Gasteiger partial charge in [0.05, 0.1) is 5.92 Å². The van der Waals surface area contributed by atoms with Crippen LogP contribution in [0.15, 0.2) is 24.4 Å². The maximum atomic E-state index is 11.8. The van der Waals surface area contributed by atoms with Gasteiger partial charge in [0.25, 0.3) is 0 Å². The number of rotatable bonds is 7. The third-order valence-corrected chi connectivity index (χ3v) is 3.12. The fourth-order valence-corrected chi connectivity index (χ4v) is 1.68. The van der Waals surface area contributed by atoms with Crippen molar-refractivity contribution in [3.05, 3.63) is 30.1 Å². The van der Waals surface area contributed by atoms with Crippen molar-refractivity contribution in [1.29, 1.82) is 0 Å². The number of likely N-dealkylation sites (N-methyl/N-ethyl adjacent to an activating group) is 1. The second kappa shape index (κ2) is 8.14. The fraction of sp³-hybridized carbons (Fsp3) is 0.500. The summed E-state index contributed by atoms with van der Waals surface area (Å²) < 4.78 is 0. The van der Waals surface area contributed by atoms with Gasteiger partial charge in [0.15, 0.2) is 0 Å². The smallest absolute Gasteiger partial charge is 0.317 e. The summed E-state index contributed by atoms with van der Waals surface area (Å²) >= 11 is 0. The number of amides is 2. The van der Waals surface area contributed by atoms with Crippen LogP contribution in [0.25, 0.3) is 0 Å². The number of hydrogen-bond acceptors (Lipinski definition) is 3. The minimum absolute atomic E-state index is 0.151. The lowest BCUT2D eigenvalue weighted by molar-refractivity contribution is -0.141. The lowest BCUT2D eigenvalue weighted by Gasteiger charge is -2.19. The molecule has 1 aromatic rings. The predicted molar refractivity (Wildman–Crippen MR) is 75.4 cm³/mol. The third-order valence-electron chi connectivity index (χ3n) is 3.12. The molecule has 1 unspecified atom stereocenters. The number of carboxylic acids is 1. The van der Waals surface area contributed by atoms with E-state index in [1.807, 2.05) is 18.2 Å². The third kappa shape index (κ3) is 5.26. The first kappa shape index (κ1) is 15.9. The number of urea groups is 1. The van der Waals surface area contributed by atoms with E-state index in [2.05, 4.69) is 10.3 Å². The van der Waals surface area contributed by atoms with Gasteiger partial charge in [-0.2, -0.15) is 0 Å². The molecule has 0 radical (unpaired) electrons. The molecule has 6 heteroatoms. The van der Waals surface area contributed by atoms with E-state index < -0.39 is 11.9 Å². The van der Waals surface area contributed by atoms with Crippen LogP contribution in [-0.2, 0) is 11.2 Å². The minimum Gasteiger partial charge on any atom is -0.481 e. The number of hydrogen-bond donors (Lipinski definition) is 2. The molecular formula is C14H21N3O3. The zero-order valence-electron chi connectivity index (χ0n) is 11.9. The molecule has 0 bridgehead atoms. The van der Waals surface area contributed by atoms with Gasteiger partial charge in [-0.25, -0.2) is 4.79 Å². The summed E-state index contributed by atoms with van der Waals surface area (Å²) in [6, 6.07) is 5.39. The Kier molecular flexibility index (Phi) is 6.49. The SMILES string of the molecule is CCC(CNC(=O)N(C)CCc1ccccn1)C(=O)O. The minimum atomic E-state index is -0.885. The lowest BCUT2D eigenvalue weighted by atomic mass is 10.1. The van der Waals surface area contributed by atoms with Crippen molar-refractivity contribution < 1.29 is 14.7 Å². The van der Waals surface area contributed by atoms with Crippen LogP contribution in [-0.4, -0.2) is 47.1 Å². The highest BCUT2D eigenvalue weighted by atomic mass is 16.4. The van der Waals surface area contributed by atoms with Gasteiger partial charge in [-0.1, -0.05) is 13.0 Å². The topological polar surface area (TPSA) is 82.5 Å². The van der Waals surface area contributed by atoms with Crippen molar-refractivity contribution in [2.75, 3.05) is 20.1 Å². The molecule has 0 saturated heterocycles. The molecule has 0 aromatic carbocycles. The molecule has 1 aromatic heterocycles. The van der Waals surface area contributed by atoms with Crippen LogP contribution in [0, 0.1) is 5.92 Å².